The zero-order chi connectivity index (χ0) is 11.4. The van der Waals surface area contributed by atoms with Crippen LogP contribution in [0.3, 0.4) is 0 Å². The summed E-state index contributed by atoms with van der Waals surface area (Å²) < 4.78 is 2.17. The zero-order valence-electron chi connectivity index (χ0n) is 9.12. The van der Waals surface area contributed by atoms with Gasteiger partial charge in [0.05, 0.1) is 5.02 Å². The van der Waals surface area contributed by atoms with E-state index in [1.54, 1.807) is 0 Å². The Hall–Kier alpha value is -1.25. The molecule has 16 heavy (non-hydrogen) atoms. The molecule has 0 aliphatic carbocycles. The first-order valence-corrected chi connectivity index (χ1v) is 5.75. The first kappa shape index (κ1) is 11.2. The molecule has 0 fully saturated rings. The Bertz CT molecular complexity index is 488. The van der Waals surface area contributed by atoms with Gasteiger partial charge in [-0.05, 0) is 6.07 Å². The highest BCUT2D eigenvalue weighted by Gasteiger charge is 2.04. The Kier molecular flexibility index (Phi) is 3.65. The Labute approximate surface area is 101 Å². The number of nitrogens with one attached hydrogen (secondary N) is 1. The molecule has 0 amide bonds. The first-order valence-electron chi connectivity index (χ1n) is 5.38. The van der Waals surface area contributed by atoms with Crippen LogP contribution in [0.5, 0.6) is 0 Å². The molecule has 0 aliphatic rings. The zero-order valence-corrected chi connectivity index (χ0v) is 9.87. The molecule has 1 aromatic heterocycles. The van der Waals surface area contributed by atoms with Gasteiger partial charge in [-0.2, -0.15) is 0 Å². The Morgan fingerprint density at radius 2 is 2.19 bits per heavy atom. The van der Waals surface area contributed by atoms with Crippen LogP contribution in [0.1, 0.15) is 0 Å². The van der Waals surface area contributed by atoms with E-state index in [2.05, 4.69) is 22.5 Å². The third-order valence-corrected chi connectivity index (χ3v) is 2.86. The van der Waals surface area contributed by atoms with E-state index in [1.165, 1.54) is 5.52 Å². The van der Waals surface area contributed by atoms with Crippen LogP contribution in [-0.4, -0.2) is 17.7 Å². The van der Waals surface area contributed by atoms with Gasteiger partial charge < -0.3 is 9.88 Å². The molecule has 0 saturated heterocycles. The number of hydrogen-bond acceptors (Lipinski definition) is 1. The number of hydrogen-bond donors (Lipinski definition) is 1. The van der Waals surface area contributed by atoms with Gasteiger partial charge in [0, 0.05) is 36.7 Å². The van der Waals surface area contributed by atoms with E-state index in [0.717, 1.165) is 30.0 Å². The highest BCUT2D eigenvalue weighted by atomic mass is 35.5. The summed E-state index contributed by atoms with van der Waals surface area (Å²) in [6.07, 6.45) is 3.85. The number of rotatable bonds is 5. The number of aromatic nitrogens is 1. The number of benzene rings is 1. The summed E-state index contributed by atoms with van der Waals surface area (Å²) in [5.41, 5.74) is 1.19. The van der Waals surface area contributed by atoms with Crippen molar-refractivity contribution >= 4 is 22.5 Å². The van der Waals surface area contributed by atoms with Crippen molar-refractivity contribution in [2.24, 2.45) is 0 Å². The van der Waals surface area contributed by atoms with Crippen LogP contribution in [0.15, 0.2) is 43.1 Å². The normalized spacial score (nSPS) is 10.8. The summed E-state index contributed by atoms with van der Waals surface area (Å²) in [7, 11) is 0. The number of para-hydroxylation sites is 1. The van der Waals surface area contributed by atoms with Crippen molar-refractivity contribution < 1.29 is 0 Å². The standard InChI is InChI=1S/C13H15ClN2/c1-2-7-15-8-9-16-10-12(14)11-5-3-4-6-13(11)16/h2-6,10,15H,1,7-9H2. The summed E-state index contributed by atoms with van der Waals surface area (Å²) >= 11 is 6.16. The number of nitrogens with zero attached hydrogens (tertiary/aromatic N) is 1. The third-order valence-electron chi connectivity index (χ3n) is 2.56. The topological polar surface area (TPSA) is 17.0 Å². The Balaban J connectivity index is 2.15. The van der Waals surface area contributed by atoms with Gasteiger partial charge in [-0.1, -0.05) is 35.9 Å². The Morgan fingerprint density at radius 3 is 3.00 bits per heavy atom. The van der Waals surface area contributed by atoms with Crippen LogP contribution >= 0.6 is 11.6 Å². The van der Waals surface area contributed by atoms with Gasteiger partial charge in [0.1, 0.15) is 0 Å². The maximum Gasteiger partial charge on any atom is 0.0661 e. The van der Waals surface area contributed by atoms with Gasteiger partial charge in [0.25, 0.3) is 0 Å². The molecule has 2 aromatic rings. The van der Waals surface area contributed by atoms with Gasteiger partial charge in [0.15, 0.2) is 0 Å². The lowest BCUT2D eigenvalue weighted by atomic mass is 10.2. The fraction of sp³-hybridized carbons (Fsp3) is 0.231. The fourth-order valence-electron chi connectivity index (χ4n) is 1.79. The average molecular weight is 235 g/mol. The van der Waals surface area contributed by atoms with Crippen molar-refractivity contribution in [1.82, 2.24) is 9.88 Å². The van der Waals surface area contributed by atoms with Crippen molar-refractivity contribution in [2.45, 2.75) is 6.54 Å². The molecule has 0 atom stereocenters. The van der Waals surface area contributed by atoms with Crippen LogP contribution in [0, 0.1) is 0 Å². The number of halogens is 1. The van der Waals surface area contributed by atoms with Gasteiger partial charge in [-0.15, -0.1) is 6.58 Å². The van der Waals surface area contributed by atoms with Gasteiger partial charge in [-0.3, -0.25) is 0 Å². The largest absolute Gasteiger partial charge is 0.345 e. The smallest absolute Gasteiger partial charge is 0.0661 e. The van der Waals surface area contributed by atoms with Crippen LogP contribution in [-0.2, 0) is 6.54 Å². The molecule has 0 radical (unpaired) electrons. The van der Waals surface area contributed by atoms with Crippen LogP contribution in [0.2, 0.25) is 5.02 Å². The third kappa shape index (κ3) is 2.29. The van der Waals surface area contributed by atoms with Gasteiger partial charge in [-0.25, -0.2) is 0 Å². The summed E-state index contributed by atoms with van der Waals surface area (Å²) in [6, 6.07) is 8.18. The van der Waals surface area contributed by atoms with Crippen molar-refractivity contribution in [1.29, 1.82) is 0 Å². The molecule has 0 spiro atoms. The molecule has 1 heterocycles. The van der Waals surface area contributed by atoms with Crippen LogP contribution in [0.4, 0.5) is 0 Å². The van der Waals surface area contributed by atoms with E-state index in [1.807, 2.05) is 30.5 Å². The molecule has 84 valence electrons. The monoisotopic (exact) mass is 234 g/mol. The average Bonchev–Trinajstić information content (AvgIpc) is 2.63. The molecule has 2 nitrogen and oxygen atoms in total. The predicted octanol–water partition coefficient (Wildman–Crippen LogP) is 3.07. The second-order valence-electron chi connectivity index (χ2n) is 3.68. The molecular formula is C13H15ClN2. The SMILES string of the molecule is C=CCNCCn1cc(Cl)c2ccccc21. The summed E-state index contributed by atoms with van der Waals surface area (Å²) in [4.78, 5) is 0. The minimum Gasteiger partial charge on any atom is -0.345 e. The van der Waals surface area contributed by atoms with Crippen LogP contribution in [0.25, 0.3) is 10.9 Å². The first-order chi connectivity index (χ1) is 7.83. The highest BCUT2D eigenvalue weighted by Crippen LogP contribution is 2.24. The molecule has 0 saturated carbocycles. The molecule has 1 N–H and O–H groups in total. The Morgan fingerprint density at radius 1 is 1.38 bits per heavy atom. The van der Waals surface area contributed by atoms with Gasteiger partial charge >= 0.3 is 0 Å². The van der Waals surface area contributed by atoms with E-state index >= 15 is 0 Å². The highest BCUT2D eigenvalue weighted by molar-refractivity contribution is 6.35. The fourth-order valence-corrected chi connectivity index (χ4v) is 2.07. The lowest BCUT2D eigenvalue weighted by Gasteiger charge is -2.05. The van der Waals surface area contributed by atoms with E-state index in [-0.39, 0.29) is 0 Å². The molecule has 0 aliphatic heterocycles. The van der Waals surface area contributed by atoms with E-state index in [4.69, 9.17) is 11.6 Å². The van der Waals surface area contributed by atoms with Crippen molar-refractivity contribution in [3.8, 4) is 0 Å². The van der Waals surface area contributed by atoms with Crippen molar-refractivity contribution in [3.05, 3.63) is 48.1 Å². The lowest BCUT2D eigenvalue weighted by Crippen LogP contribution is -2.19. The lowest BCUT2D eigenvalue weighted by molar-refractivity contribution is 0.641. The summed E-state index contributed by atoms with van der Waals surface area (Å²) in [6.45, 7) is 6.34. The minimum atomic E-state index is 0.819. The number of fused-ring (bicyclic) bond motifs is 1. The quantitative estimate of drug-likeness (QED) is 0.622. The minimum absolute atomic E-state index is 0.819. The summed E-state index contributed by atoms with van der Waals surface area (Å²) in [5, 5.41) is 5.21. The molecule has 0 unspecified atom stereocenters. The molecule has 1 aromatic carbocycles. The molecule has 0 bridgehead atoms. The second-order valence-corrected chi connectivity index (χ2v) is 4.09. The van der Waals surface area contributed by atoms with Gasteiger partial charge in [0.2, 0.25) is 0 Å². The van der Waals surface area contributed by atoms with E-state index in [9.17, 15) is 0 Å². The molecular weight excluding hydrogens is 220 g/mol. The summed E-state index contributed by atoms with van der Waals surface area (Å²) in [5.74, 6) is 0. The predicted molar refractivity (Wildman–Crippen MR) is 70.0 cm³/mol. The molecule has 3 heteroatoms. The molecule has 2 rings (SSSR count). The van der Waals surface area contributed by atoms with Crippen molar-refractivity contribution in [2.75, 3.05) is 13.1 Å². The second kappa shape index (κ2) is 5.19. The maximum atomic E-state index is 6.16. The van der Waals surface area contributed by atoms with E-state index < -0.39 is 0 Å². The van der Waals surface area contributed by atoms with E-state index in [0.29, 0.717) is 0 Å². The van der Waals surface area contributed by atoms with Crippen LogP contribution < -0.4 is 5.32 Å². The maximum absolute atomic E-state index is 6.16. The van der Waals surface area contributed by atoms with Crippen molar-refractivity contribution in [3.63, 3.8) is 0 Å².